The van der Waals surface area contributed by atoms with Gasteiger partial charge in [0.25, 0.3) is 0 Å². The van der Waals surface area contributed by atoms with Crippen molar-refractivity contribution in [2.75, 3.05) is 27.4 Å². The van der Waals surface area contributed by atoms with Crippen molar-refractivity contribution in [3.8, 4) is 11.1 Å². The fourth-order valence-electron chi connectivity index (χ4n) is 3.55. The molecule has 2 aromatic carbocycles. The summed E-state index contributed by atoms with van der Waals surface area (Å²) in [5, 5.41) is 9.03. The molecule has 0 heterocycles. The molecule has 1 aliphatic rings. The van der Waals surface area contributed by atoms with Gasteiger partial charge in [0.15, 0.2) is 0 Å². The Morgan fingerprint density at radius 2 is 1.63 bits per heavy atom. The van der Waals surface area contributed by atoms with Crippen molar-refractivity contribution in [1.29, 1.82) is 0 Å². The summed E-state index contributed by atoms with van der Waals surface area (Å²) in [5.74, 6) is -1.02. The molecule has 0 unspecified atom stereocenters. The fourth-order valence-corrected chi connectivity index (χ4v) is 3.55. The smallest absolute Gasteiger partial charge is 0.409 e. The van der Waals surface area contributed by atoms with E-state index in [1.165, 1.54) is 19.1 Å². The third kappa shape index (κ3) is 3.95. The largest absolute Gasteiger partial charge is 0.481 e. The van der Waals surface area contributed by atoms with Crippen LogP contribution in [0, 0.1) is 0 Å². The molecule has 0 fully saturated rings. The molecule has 6 heteroatoms. The van der Waals surface area contributed by atoms with Crippen LogP contribution in [0.4, 0.5) is 4.79 Å². The Balaban J connectivity index is 1.72. The molecular weight excluding hydrogens is 346 g/mol. The Morgan fingerprint density at radius 3 is 2.15 bits per heavy atom. The third-order valence-corrected chi connectivity index (χ3v) is 4.94. The molecule has 1 N–H and O–H groups in total. The van der Waals surface area contributed by atoms with Gasteiger partial charge < -0.3 is 19.5 Å². The van der Waals surface area contributed by atoms with E-state index in [1.807, 2.05) is 24.3 Å². The van der Waals surface area contributed by atoms with E-state index >= 15 is 0 Å². The average molecular weight is 369 g/mol. The first kappa shape index (κ1) is 18.9. The number of hydrogen-bond donors (Lipinski definition) is 1. The molecule has 6 nitrogen and oxygen atoms in total. The molecular formula is C21H23NO5. The van der Waals surface area contributed by atoms with E-state index in [1.54, 1.807) is 0 Å². The van der Waals surface area contributed by atoms with E-state index in [-0.39, 0.29) is 25.6 Å². The van der Waals surface area contributed by atoms with Gasteiger partial charge >= 0.3 is 12.1 Å². The van der Waals surface area contributed by atoms with Crippen molar-refractivity contribution >= 4 is 12.1 Å². The second-order valence-corrected chi connectivity index (χ2v) is 6.62. The number of carbonyl (C=O) groups is 2. The van der Waals surface area contributed by atoms with Gasteiger partial charge in [-0.05, 0) is 22.3 Å². The minimum absolute atomic E-state index is 0.0323. The number of methoxy groups -OCH3 is 1. The first-order chi connectivity index (χ1) is 13.0. The van der Waals surface area contributed by atoms with Crippen LogP contribution in [0.2, 0.25) is 0 Å². The molecule has 0 radical (unpaired) electrons. The van der Waals surface area contributed by atoms with Crippen molar-refractivity contribution in [3.05, 3.63) is 59.7 Å². The molecule has 0 saturated carbocycles. The van der Waals surface area contributed by atoms with Crippen LogP contribution < -0.4 is 0 Å². The molecule has 0 aliphatic heterocycles. The summed E-state index contributed by atoms with van der Waals surface area (Å²) in [6.07, 6.45) is -0.755. The molecule has 1 amide bonds. The SMILES string of the molecule is COC[C@@H](CC(=O)O)N(C)C(=O)OCC1c2ccccc2-c2ccccc21. The summed E-state index contributed by atoms with van der Waals surface area (Å²) in [5.41, 5.74) is 4.58. The lowest BCUT2D eigenvalue weighted by Crippen LogP contribution is -2.42. The Hall–Kier alpha value is -2.86. The quantitative estimate of drug-likeness (QED) is 0.810. The number of benzene rings is 2. The molecule has 27 heavy (non-hydrogen) atoms. The van der Waals surface area contributed by atoms with Crippen LogP contribution in [-0.4, -0.2) is 55.5 Å². The van der Waals surface area contributed by atoms with E-state index in [2.05, 4.69) is 24.3 Å². The second-order valence-electron chi connectivity index (χ2n) is 6.62. The summed E-state index contributed by atoms with van der Waals surface area (Å²) in [7, 11) is 3.01. The van der Waals surface area contributed by atoms with Crippen LogP contribution in [0.15, 0.2) is 48.5 Å². The van der Waals surface area contributed by atoms with E-state index in [0.29, 0.717) is 0 Å². The highest BCUT2D eigenvalue weighted by atomic mass is 16.6. The van der Waals surface area contributed by atoms with Crippen LogP contribution in [0.1, 0.15) is 23.5 Å². The van der Waals surface area contributed by atoms with Gasteiger partial charge in [-0.1, -0.05) is 48.5 Å². The maximum absolute atomic E-state index is 12.5. The van der Waals surface area contributed by atoms with Crippen LogP contribution in [0.3, 0.4) is 0 Å². The maximum Gasteiger partial charge on any atom is 0.409 e. The standard InChI is InChI=1S/C21H23NO5/c1-22(14(12-26-2)11-20(23)24)21(25)27-13-19-17-9-5-3-7-15(17)16-8-4-6-10-18(16)19/h3-10,14,19H,11-13H2,1-2H3,(H,23,24)/t14-/m1/s1. The Labute approximate surface area is 158 Å². The van der Waals surface area contributed by atoms with Crippen molar-refractivity contribution in [2.45, 2.75) is 18.4 Å². The molecule has 0 aromatic heterocycles. The number of carboxylic acids is 1. The van der Waals surface area contributed by atoms with Crippen LogP contribution in [0.5, 0.6) is 0 Å². The molecule has 0 saturated heterocycles. The van der Waals surface area contributed by atoms with Crippen LogP contribution in [-0.2, 0) is 14.3 Å². The van der Waals surface area contributed by atoms with Crippen LogP contribution in [0.25, 0.3) is 11.1 Å². The number of likely N-dealkylation sites (N-methyl/N-ethyl adjacent to an activating group) is 1. The second kappa shape index (κ2) is 8.22. The molecule has 142 valence electrons. The van der Waals surface area contributed by atoms with Gasteiger partial charge in [-0.2, -0.15) is 0 Å². The van der Waals surface area contributed by atoms with Gasteiger partial charge in [0.1, 0.15) is 6.61 Å². The molecule has 1 aliphatic carbocycles. The topological polar surface area (TPSA) is 76.1 Å². The first-order valence-electron chi connectivity index (χ1n) is 8.81. The number of amides is 1. The molecule has 0 bridgehead atoms. The van der Waals surface area contributed by atoms with Gasteiger partial charge in [-0.3, -0.25) is 4.79 Å². The number of nitrogens with zero attached hydrogens (tertiary/aromatic N) is 1. The van der Waals surface area contributed by atoms with E-state index < -0.39 is 18.1 Å². The highest BCUT2D eigenvalue weighted by Crippen LogP contribution is 2.44. The zero-order chi connectivity index (χ0) is 19.4. The summed E-state index contributed by atoms with van der Waals surface area (Å²) in [6.45, 7) is 0.330. The Morgan fingerprint density at radius 1 is 1.07 bits per heavy atom. The predicted molar refractivity (Wildman–Crippen MR) is 101 cm³/mol. The molecule has 1 atom stereocenters. The number of carboxylic acid groups (broad SMARTS) is 1. The van der Waals surface area contributed by atoms with Crippen molar-refractivity contribution < 1.29 is 24.2 Å². The summed E-state index contributed by atoms with van der Waals surface area (Å²) in [6, 6.07) is 15.6. The van der Waals surface area contributed by atoms with Crippen LogP contribution >= 0.6 is 0 Å². The average Bonchev–Trinajstić information content (AvgIpc) is 2.99. The fraction of sp³-hybridized carbons (Fsp3) is 0.333. The summed E-state index contributed by atoms with van der Waals surface area (Å²) < 4.78 is 10.6. The zero-order valence-electron chi connectivity index (χ0n) is 15.4. The van der Waals surface area contributed by atoms with Crippen molar-refractivity contribution in [3.63, 3.8) is 0 Å². The minimum atomic E-state index is -0.990. The highest BCUT2D eigenvalue weighted by molar-refractivity contribution is 5.79. The number of rotatable bonds is 7. The van der Waals surface area contributed by atoms with Crippen molar-refractivity contribution in [2.24, 2.45) is 0 Å². The molecule has 0 spiro atoms. The summed E-state index contributed by atoms with van der Waals surface area (Å²) >= 11 is 0. The van der Waals surface area contributed by atoms with Gasteiger partial charge in [-0.15, -0.1) is 0 Å². The normalized spacial score (nSPS) is 13.6. The number of hydrogen-bond acceptors (Lipinski definition) is 4. The lowest BCUT2D eigenvalue weighted by molar-refractivity contribution is -0.138. The number of fused-ring (bicyclic) bond motifs is 3. The molecule has 3 rings (SSSR count). The monoisotopic (exact) mass is 369 g/mol. The van der Waals surface area contributed by atoms with E-state index in [0.717, 1.165) is 22.3 Å². The lowest BCUT2D eigenvalue weighted by atomic mass is 9.98. The maximum atomic E-state index is 12.5. The van der Waals surface area contributed by atoms with Crippen molar-refractivity contribution in [1.82, 2.24) is 4.90 Å². The highest BCUT2D eigenvalue weighted by Gasteiger charge is 2.30. The van der Waals surface area contributed by atoms with E-state index in [9.17, 15) is 9.59 Å². The summed E-state index contributed by atoms with van der Waals surface area (Å²) in [4.78, 5) is 24.8. The number of carbonyl (C=O) groups excluding carboxylic acids is 1. The first-order valence-corrected chi connectivity index (χ1v) is 8.81. The number of aliphatic carboxylic acids is 1. The van der Waals surface area contributed by atoms with Gasteiger partial charge in [-0.25, -0.2) is 4.79 Å². The Kier molecular flexibility index (Phi) is 5.76. The zero-order valence-corrected chi connectivity index (χ0v) is 15.4. The Bertz CT molecular complexity index is 789. The predicted octanol–water partition coefficient (Wildman–Crippen LogP) is 3.36. The minimum Gasteiger partial charge on any atom is -0.481 e. The van der Waals surface area contributed by atoms with E-state index in [4.69, 9.17) is 14.6 Å². The van der Waals surface area contributed by atoms with Gasteiger partial charge in [0, 0.05) is 20.1 Å². The van der Waals surface area contributed by atoms with Gasteiger partial charge in [0.2, 0.25) is 0 Å². The number of ether oxygens (including phenoxy) is 2. The van der Waals surface area contributed by atoms with Gasteiger partial charge in [0.05, 0.1) is 19.1 Å². The molecule has 2 aromatic rings. The lowest BCUT2D eigenvalue weighted by Gasteiger charge is -2.26. The third-order valence-electron chi connectivity index (χ3n) is 4.94.